The van der Waals surface area contributed by atoms with Crippen LogP contribution in [-0.2, 0) is 0 Å². The maximum atomic E-state index is 14.1. The Morgan fingerprint density at radius 3 is 2.65 bits per heavy atom. The average Bonchev–Trinajstić information content (AvgIpc) is 3.33. The molecule has 26 heavy (non-hydrogen) atoms. The van der Waals surface area contributed by atoms with Crippen molar-refractivity contribution in [2.45, 2.75) is 19.3 Å². The molecule has 7 heteroatoms. The van der Waals surface area contributed by atoms with E-state index in [-0.39, 0.29) is 5.82 Å². The topological polar surface area (TPSA) is 49.8 Å². The van der Waals surface area contributed by atoms with E-state index in [0.29, 0.717) is 5.69 Å². The molecule has 134 valence electrons. The molecule has 4 nitrogen and oxygen atoms in total. The Kier molecular flexibility index (Phi) is 5.38. The quantitative estimate of drug-likeness (QED) is 0.474. The Morgan fingerprint density at radius 2 is 1.88 bits per heavy atom. The Balaban J connectivity index is 0.000000240. The molecule has 0 spiro atoms. The Labute approximate surface area is 159 Å². The number of thiophene rings is 1. The van der Waals surface area contributed by atoms with Crippen molar-refractivity contribution < 1.29 is 4.39 Å². The zero-order valence-electron chi connectivity index (χ0n) is 14.2. The number of piperidine rings is 1. The first-order valence-electron chi connectivity index (χ1n) is 8.64. The fraction of sp³-hybridized carbons (Fsp3) is 0.263. The average molecular weight is 387 g/mol. The van der Waals surface area contributed by atoms with E-state index in [4.69, 9.17) is 0 Å². The highest BCUT2D eigenvalue weighted by Gasteiger charge is 2.09. The van der Waals surface area contributed by atoms with Gasteiger partial charge in [0.15, 0.2) is 0 Å². The number of nitrogens with one attached hydrogen (secondary N) is 2. The van der Waals surface area contributed by atoms with Gasteiger partial charge in [0.05, 0.1) is 27.1 Å². The van der Waals surface area contributed by atoms with Crippen LogP contribution in [0.15, 0.2) is 41.4 Å². The van der Waals surface area contributed by atoms with Gasteiger partial charge in [0.1, 0.15) is 10.6 Å². The third-order valence-electron chi connectivity index (χ3n) is 4.26. The second kappa shape index (κ2) is 8.07. The van der Waals surface area contributed by atoms with Gasteiger partial charge in [0.2, 0.25) is 0 Å². The van der Waals surface area contributed by atoms with Gasteiger partial charge in [-0.2, -0.15) is 0 Å². The van der Waals surface area contributed by atoms with E-state index in [2.05, 4.69) is 20.6 Å². The molecule has 1 saturated heterocycles. The summed E-state index contributed by atoms with van der Waals surface area (Å²) in [6.07, 6.45) is 5.94. The Morgan fingerprint density at radius 1 is 1.00 bits per heavy atom. The Hall–Kier alpha value is -2.09. The maximum absolute atomic E-state index is 14.1. The van der Waals surface area contributed by atoms with E-state index in [1.807, 2.05) is 17.5 Å². The van der Waals surface area contributed by atoms with Crippen molar-refractivity contribution in [1.82, 2.24) is 15.3 Å². The minimum absolute atomic E-state index is 0.276. The molecule has 0 bridgehead atoms. The molecule has 4 aromatic rings. The summed E-state index contributed by atoms with van der Waals surface area (Å²) in [5, 5.41) is 9.39. The van der Waals surface area contributed by atoms with Gasteiger partial charge in [-0.1, -0.05) is 6.42 Å². The monoisotopic (exact) mass is 386 g/mol. The van der Waals surface area contributed by atoms with Crippen LogP contribution < -0.4 is 10.6 Å². The number of anilines is 2. The van der Waals surface area contributed by atoms with Crippen LogP contribution in [0.25, 0.3) is 20.4 Å². The van der Waals surface area contributed by atoms with Crippen LogP contribution >= 0.6 is 22.7 Å². The molecule has 0 amide bonds. The number of benzene rings is 1. The summed E-state index contributed by atoms with van der Waals surface area (Å²) in [6, 6.07) is 7.08. The molecule has 1 aliphatic rings. The van der Waals surface area contributed by atoms with Crippen LogP contribution in [-0.4, -0.2) is 23.1 Å². The first kappa shape index (κ1) is 17.3. The molecular formula is C19H19FN4S2. The highest BCUT2D eigenvalue weighted by Crippen LogP contribution is 2.31. The number of hydrogen-bond donors (Lipinski definition) is 2. The maximum Gasteiger partial charge on any atom is 0.148 e. The molecule has 0 aliphatic carbocycles. The number of pyridine rings is 1. The summed E-state index contributed by atoms with van der Waals surface area (Å²) in [5.41, 5.74) is 3.80. The highest BCUT2D eigenvalue weighted by atomic mass is 32.1. The number of halogens is 1. The molecular weight excluding hydrogens is 367 g/mol. The molecule has 4 heterocycles. The molecule has 0 unspecified atom stereocenters. The van der Waals surface area contributed by atoms with E-state index in [9.17, 15) is 4.39 Å². The van der Waals surface area contributed by atoms with Crippen LogP contribution in [0, 0.1) is 5.82 Å². The second-order valence-corrected chi connectivity index (χ2v) is 7.87. The van der Waals surface area contributed by atoms with Gasteiger partial charge in [-0.3, -0.25) is 0 Å². The van der Waals surface area contributed by atoms with E-state index in [1.165, 1.54) is 49.8 Å². The van der Waals surface area contributed by atoms with Gasteiger partial charge < -0.3 is 10.6 Å². The van der Waals surface area contributed by atoms with Gasteiger partial charge in [-0.25, -0.2) is 14.4 Å². The summed E-state index contributed by atoms with van der Waals surface area (Å²) in [4.78, 5) is 9.43. The summed E-state index contributed by atoms with van der Waals surface area (Å²) in [5.74, 6) is -0.276. The standard InChI is InChI=1S/C14H8FN3S2.C5H11N/c15-9-5-13-12(17-7-20-13)6-11(9)18-10-1-3-16-14-8(10)2-4-19-14;1-2-4-6-5-3-1/h1-7H,(H,16,18);6H,1-5H2. The molecule has 0 radical (unpaired) electrons. The molecule has 1 aromatic carbocycles. The summed E-state index contributed by atoms with van der Waals surface area (Å²) in [7, 11) is 0. The number of thiazole rings is 1. The summed E-state index contributed by atoms with van der Waals surface area (Å²) < 4.78 is 15.0. The van der Waals surface area contributed by atoms with Gasteiger partial charge in [0, 0.05) is 11.6 Å². The summed E-state index contributed by atoms with van der Waals surface area (Å²) >= 11 is 3.00. The van der Waals surface area contributed by atoms with Crippen LogP contribution in [0.1, 0.15) is 19.3 Å². The fourth-order valence-electron chi connectivity index (χ4n) is 2.91. The fourth-order valence-corrected chi connectivity index (χ4v) is 4.35. The largest absolute Gasteiger partial charge is 0.352 e. The molecule has 3 aromatic heterocycles. The van der Waals surface area contributed by atoms with Crippen molar-refractivity contribution in [3.05, 3.63) is 47.2 Å². The minimum atomic E-state index is -0.276. The lowest BCUT2D eigenvalue weighted by molar-refractivity contribution is 0.520. The number of hydrogen-bond acceptors (Lipinski definition) is 6. The van der Waals surface area contributed by atoms with Gasteiger partial charge in [-0.05, 0) is 55.6 Å². The van der Waals surface area contributed by atoms with Gasteiger partial charge in [0.25, 0.3) is 0 Å². The number of aromatic nitrogens is 2. The molecule has 0 atom stereocenters. The third kappa shape index (κ3) is 3.85. The molecule has 0 saturated carbocycles. The zero-order chi connectivity index (χ0) is 17.8. The van der Waals surface area contributed by atoms with Crippen molar-refractivity contribution in [2.75, 3.05) is 18.4 Å². The lowest BCUT2D eigenvalue weighted by Gasteiger charge is -2.08. The summed E-state index contributed by atoms with van der Waals surface area (Å²) in [6.45, 7) is 2.50. The number of rotatable bonds is 2. The molecule has 1 aliphatic heterocycles. The van der Waals surface area contributed by atoms with Crippen molar-refractivity contribution in [3.8, 4) is 0 Å². The van der Waals surface area contributed by atoms with Crippen molar-refractivity contribution >= 4 is 54.5 Å². The zero-order valence-corrected chi connectivity index (χ0v) is 15.8. The lowest BCUT2D eigenvalue weighted by Crippen LogP contribution is -2.21. The Bertz CT molecular complexity index is 996. The van der Waals surface area contributed by atoms with E-state index in [0.717, 1.165) is 26.1 Å². The predicted molar refractivity (Wildman–Crippen MR) is 109 cm³/mol. The van der Waals surface area contributed by atoms with Crippen LogP contribution in [0.2, 0.25) is 0 Å². The first-order valence-corrected chi connectivity index (χ1v) is 10.4. The van der Waals surface area contributed by atoms with Gasteiger partial charge >= 0.3 is 0 Å². The third-order valence-corrected chi connectivity index (χ3v) is 5.88. The normalized spacial score (nSPS) is 14.2. The molecule has 2 N–H and O–H groups in total. The van der Waals surface area contributed by atoms with Crippen LogP contribution in [0.5, 0.6) is 0 Å². The van der Waals surface area contributed by atoms with Crippen molar-refractivity contribution in [3.63, 3.8) is 0 Å². The van der Waals surface area contributed by atoms with Crippen LogP contribution in [0.4, 0.5) is 15.8 Å². The van der Waals surface area contributed by atoms with E-state index >= 15 is 0 Å². The minimum Gasteiger partial charge on any atom is -0.352 e. The molecule has 1 fully saturated rings. The molecule has 5 rings (SSSR count). The van der Waals surface area contributed by atoms with Crippen LogP contribution in [0.3, 0.4) is 0 Å². The second-order valence-electron chi connectivity index (χ2n) is 6.09. The van der Waals surface area contributed by atoms with Crippen molar-refractivity contribution in [1.29, 1.82) is 0 Å². The van der Waals surface area contributed by atoms with Gasteiger partial charge in [-0.15, -0.1) is 22.7 Å². The van der Waals surface area contributed by atoms with E-state index in [1.54, 1.807) is 29.1 Å². The highest BCUT2D eigenvalue weighted by molar-refractivity contribution is 7.17. The smallest absolute Gasteiger partial charge is 0.148 e. The predicted octanol–water partition coefficient (Wildman–Crippen LogP) is 5.55. The van der Waals surface area contributed by atoms with Crippen molar-refractivity contribution in [2.24, 2.45) is 0 Å². The van der Waals surface area contributed by atoms with E-state index < -0.39 is 0 Å². The SMILES string of the molecule is C1CCNCC1.Fc1cc2scnc2cc1Nc1ccnc2sccc12. The lowest BCUT2D eigenvalue weighted by atomic mass is 10.2. The first-order chi connectivity index (χ1) is 12.8. The number of nitrogens with zero attached hydrogens (tertiary/aromatic N) is 2. The number of fused-ring (bicyclic) bond motifs is 2.